The molecule has 2 rings (SSSR count). The fourth-order valence-electron chi connectivity index (χ4n) is 2.15. The van der Waals surface area contributed by atoms with E-state index in [2.05, 4.69) is 26.0 Å². The first kappa shape index (κ1) is 19.2. The molecule has 0 heterocycles. The molecule has 7 heteroatoms. The van der Waals surface area contributed by atoms with Crippen LogP contribution in [-0.2, 0) is 4.79 Å². The van der Waals surface area contributed by atoms with Crippen LogP contribution in [0.3, 0.4) is 0 Å². The van der Waals surface area contributed by atoms with Crippen molar-refractivity contribution >= 4 is 27.5 Å². The number of benzene rings is 2. The van der Waals surface area contributed by atoms with Gasteiger partial charge in [-0.2, -0.15) is 8.78 Å². The first-order valence-electron chi connectivity index (χ1n) is 7.56. The largest absolute Gasteiger partial charge is 0.480 e. The second-order valence-electron chi connectivity index (χ2n) is 5.49. The Hall–Kier alpha value is -2.15. The number of nitrogens with one attached hydrogen (secondary N) is 1. The lowest BCUT2D eigenvalue weighted by Crippen LogP contribution is -2.30. The smallest absolute Gasteiger partial charge is 0.387 e. The zero-order valence-corrected chi connectivity index (χ0v) is 15.6. The summed E-state index contributed by atoms with van der Waals surface area (Å²) in [6, 6.07) is 10.1. The van der Waals surface area contributed by atoms with Gasteiger partial charge in [-0.05, 0) is 66.5 Å². The van der Waals surface area contributed by atoms with Gasteiger partial charge in [0.1, 0.15) is 11.5 Å². The highest BCUT2D eigenvalue weighted by atomic mass is 79.9. The highest BCUT2D eigenvalue weighted by molar-refractivity contribution is 9.10. The fourth-order valence-corrected chi connectivity index (χ4v) is 2.74. The minimum atomic E-state index is -2.93. The summed E-state index contributed by atoms with van der Waals surface area (Å²) in [7, 11) is 0. The van der Waals surface area contributed by atoms with Gasteiger partial charge in [-0.25, -0.2) is 0 Å². The van der Waals surface area contributed by atoms with Crippen LogP contribution in [0.5, 0.6) is 11.5 Å². The lowest BCUT2D eigenvalue weighted by atomic mass is 10.1. The van der Waals surface area contributed by atoms with Crippen LogP contribution < -0.4 is 14.8 Å². The molecule has 0 fully saturated rings. The predicted molar refractivity (Wildman–Crippen MR) is 95.4 cm³/mol. The Labute approximate surface area is 153 Å². The number of carbonyl (C=O) groups is 1. The van der Waals surface area contributed by atoms with Gasteiger partial charge in [0.15, 0.2) is 6.10 Å². The van der Waals surface area contributed by atoms with Crippen LogP contribution in [0.15, 0.2) is 40.9 Å². The molecule has 4 nitrogen and oxygen atoms in total. The van der Waals surface area contributed by atoms with Crippen LogP contribution in [0.4, 0.5) is 14.5 Å². The van der Waals surface area contributed by atoms with Gasteiger partial charge in [-0.1, -0.05) is 12.1 Å². The van der Waals surface area contributed by atoms with E-state index < -0.39 is 18.6 Å². The van der Waals surface area contributed by atoms with Gasteiger partial charge in [-0.15, -0.1) is 0 Å². The number of amides is 1. The summed E-state index contributed by atoms with van der Waals surface area (Å²) >= 11 is 3.39. The average Bonchev–Trinajstić information content (AvgIpc) is 2.53. The molecular weight excluding hydrogens is 396 g/mol. The fraction of sp³-hybridized carbons (Fsp3) is 0.278. The van der Waals surface area contributed by atoms with Gasteiger partial charge in [0.05, 0.1) is 4.47 Å². The maximum absolute atomic E-state index is 12.4. The molecule has 0 aromatic heterocycles. The van der Waals surface area contributed by atoms with E-state index >= 15 is 0 Å². The molecule has 0 radical (unpaired) electrons. The summed E-state index contributed by atoms with van der Waals surface area (Å²) in [6.45, 7) is 2.22. The molecule has 2 aromatic carbocycles. The van der Waals surface area contributed by atoms with Crippen LogP contribution in [-0.4, -0.2) is 18.6 Å². The lowest BCUT2D eigenvalue weighted by Gasteiger charge is -2.18. The quantitative estimate of drug-likeness (QED) is 0.718. The number of hydrogen-bond donors (Lipinski definition) is 1. The first-order valence-corrected chi connectivity index (χ1v) is 8.35. The van der Waals surface area contributed by atoms with Crippen LogP contribution in [0, 0.1) is 13.8 Å². The van der Waals surface area contributed by atoms with E-state index in [9.17, 15) is 13.6 Å². The SMILES string of the molecule is Cc1ccc(O[C@H](C)C(=O)Nc2cccc(OC(F)F)c2C)c(Br)c1. The van der Waals surface area contributed by atoms with E-state index in [4.69, 9.17) is 4.74 Å². The summed E-state index contributed by atoms with van der Waals surface area (Å²) in [5.74, 6) is 0.159. The lowest BCUT2D eigenvalue weighted by molar-refractivity contribution is -0.122. The second-order valence-corrected chi connectivity index (χ2v) is 6.34. The van der Waals surface area contributed by atoms with Crippen LogP contribution in [0.2, 0.25) is 0 Å². The van der Waals surface area contributed by atoms with Crippen molar-refractivity contribution in [2.75, 3.05) is 5.32 Å². The zero-order chi connectivity index (χ0) is 18.6. The molecule has 0 bridgehead atoms. The Morgan fingerprint density at radius 3 is 2.48 bits per heavy atom. The average molecular weight is 414 g/mol. The highest BCUT2D eigenvalue weighted by Gasteiger charge is 2.18. The molecule has 134 valence electrons. The summed E-state index contributed by atoms with van der Waals surface area (Å²) < 4.78 is 35.6. The third-order valence-electron chi connectivity index (χ3n) is 3.52. The van der Waals surface area contributed by atoms with E-state index in [-0.39, 0.29) is 5.75 Å². The number of aryl methyl sites for hydroxylation is 1. The third-order valence-corrected chi connectivity index (χ3v) is 4.14. The second kappa shape index (κ2) is 8.29. The van der Waals surface area contributed by atoms with Crippen molar-refractivity contribution in [2.24, 2.45) is 0 Å². The molecule has 2 aromatic rings. The third kappa shape index (κ3) is 5.16. The van der Waals surface area contributed by atoms with Crippen molar-refractivity contribution in [3.05, 3.63) is 52.0 Å². The van der Waals surface area contributed by atoms with E-state index in [1.54, 1.807) is 26.0 Å². The molecule has 0 aliphatic rings. The van der Waals surface area contributed by atoms with Crippen molar-refractivity contribution in [2.45, 2.75) is 33.5 Å². The molecule has 0 saturated heterocycles. The number of ether oxygens (including phenoxy) is 2. The maximum atomic E-state index is 12.4. The minimum Gasteiger partial charge on any atom is -0.480 e. The Morgan fingerprint density at radius 1 is 1.12 bits per heavy atom. The van der Waals surface area contributed by atoms with Crippen LogP contribution >= 0.6 is 15.9 Å². The normalized spacial score (nSPS) is 12.0. The highest BCUT2D eigenvalue weighted by Crippen LogP contribution is 2.28. The van der Waals surface area contributed by atoms with Gasteiger partial charge >= 0.3 is 6.61 Å². The van der Waals surface area contributed by atoms with Gasteiger partial charge in [0, 0.05) is 11.3 Å². The van der Waals surface area contributed by atoms with Gasteiger partial charge in [0.2, 0.25) is 0 Å². The standard InChI is InChI=1S/C18H18BrF2NO3/c1-10-7-8-16(13(19)9-10)24-12(3)17(23)22-14-5-4-6-15(11(14)2)25-18(20)21/h4-9,12,18H,1-3H3,(H,22,23)/t12-/m1/s1. The van der Waals surface area contributed by atoms with Gasteiger partial charge in [0.25, 0.3) is 5.91 Å². The summed E-state index contributed by atoms with van der Waals surface area (Å²) in [6.07, 6.45) is -0.780. The van der Waals surface area contributed by atoms with Gasteiger partial charge in [-0.3, -0.25) is 4.79 Å². The zero-order valence-electron chi connectivity index (χ0n) is 14.0. The molecule has 0 aliphatic carbocycles. The molecule has 1 N–H and O–H groups in total. The van der Waals surface area contributed by atoms with Crippen molar-refractivity contribution in [3.63, 3.8) is 0 Å². The molecular formula is C18H18BrF2NO3. The van der Waals surface area contributed by atoms with E-state index in [0.29, 0.717) is 17.0 Å². The maximum Gasteiger partial charge on any atom is 0.387 e. The molecule has 0 aliphatic heterocycles. The molecule has 0 unspecified atom stereocenters. The Morgan fingerprint density at radius 2 is 1.84 bits per heavy atom. The number of alkyl halides is 2. The Balaban J connectivity index is 2.08. The van der Waals surface area contributed by atoms with Gasteiger partial charge < -0.3 is 14.8 Å². The Bertz CT molecular complexity index is 768. The van der Waals surface area contributed by atoms with E-state index in [0.717, 1.165) is 10.0 Å². The van der Waals surface area contributed by atoms with Crippen LogP contribution in [0.25, 0.3) is 0 Å². The van der Waals surface area contributed by atoms with Crippen molar-refractivity contribution in [1.29, 1.82) is 0 Å². The number of hydrogen-bond acceptors (Lipinski definition) is 3. The summed E-state index contributed by atoms with van der Waals surface area (Å²) in [5, 5.41) is 2.67. The number of carbonyl (C=O) groups excluding carboxylic acids is 1. The molecule has 0 spiro atoms. The summed E-state index contributed by atoms with van der Waals surface area (Å²) in [4.78, 5) is 12.3. The van der Waals surface area contributed by atoms with E-state index in [1.807, 2.05) is 19.1 Å². The monoisotopic (exact) mass is 413 g/mol. The molecule has 1 atom stereocenters. The summed E-state index contributed by atoms with van der Waals surface area (Å²) in [5.41, 5.74) is 1.87. The molecule has 0 saturated carbocycles. The van der Waals surface area contributed by atoms with Crippen molar-refractivity contribution in [1.82, 2.24) is 0 Å². The number of halogens is 3. The van der Waals surface area contributed by atoms with Crippen molar-refractivity contribution < 1.29 is 23.0 Å². The molecule has 1 amide bonds. The number of rotatable bonds is 6. The van der Waals surface area contributed by atoms with Crippen molar-refractivity contribution in [3.8, 4) is 11.5 Å². The van der Waals surface area contributed by atoms with E-state index in [1.165, 1.54) is 12.1 Å². The van der Waals surface area contributed by atoms with Crippen LogP contribution in [0.1, 0.15) is 18.1 Å². The predicted octanol–water partition coefficient (Wildman–Crippen LogP) is 5.07. The molecule has 25 heavy (non-hydrogen) atoms. The first-order chi connectivity index (χ1) is 11.8. The Kier molecular flexibility index (Phi) is 6.36. The number of anilines is 1. The minimum absolute atomic E-state index is 0.0163. The topological polar surface area (TPSA) is 47.6 Å².